The van der Waals surface area contributed by atoms with E-state index in [4.69, 9.17) is 19.2 Å². The van der Waals surface area contributed by atoms with Crippen LogP contribution in [0.3, 0.4) is 0 Å². The second-order valence-electron chi connectivity index (χ2n) is 8.00. The maximum atomic E-state index is 12.0. The first-order valence-electron chi connectivity index (χ1n) is 11.1. The summed E-state index contributed by atoms with van der Waals surface area (Å²) < 4.78 is 16.0. The predicted molar refractivity (Wildman–Crippen MR) is 119 cm³/mol. The molecule has 1 aromatic carbocycles. The van der Waals surface area contributed by atoms with Crippen LogP contribution in [0.4, 0.5) is 11.8 Å². The lowest BCUT2D eigenvalue weighted by Gasteiger charge is -2.32. The van der Waals surface area contributed by atoms with Gasteiger partial charge in [0.15, 0.2) is 17.3 Å². The first-order chi connectivity index (χ1) is 15.7. The van der Waals surface area contributed by atoms with E-state index < -0.39 is 0 Å². The number of piperidine rings is 1. The van der Waals surface area contributed by atoms with Crippen LogP contribution in [0.2, 0.25) is 0 Å². The number of nitrogens with zero attached hydrogens (tertiary/aromatic N) is 4. The van der Waals surface area contributed by atoms with Gasteiger partial charge < -0.3 is 19.1 Å². The Hall–Kier alpha value is -3.33. The minimum Gasteiger partial charge on any atom is -0.466 e. The van der Waals surface area contributed by atoms with Crippen molar-refractivity contribution in [3.63, 3.8) is 0 Å². The summed E-state index contributed by atoms with van der Waals surface area (Å²) in [5.41, 5.74) is 5.54. The van der Waals surface area contributed by atoms with Crippen molar-refractivity contribution in [2.24, 2.45) is 5.92 Å². The number of benzene rings is 1. The number of carbonyl (C=O) groups is 1. The molecule has 1 aromatic heterocycles. The minimum atomic E-state index is -0.0949. The maximum Gasteiger partial charge on any atom is 0.309 e. The Bertz CT molecular complexity index is 1020. The third-order valence-corrected chi connectivity index (χ3v) is 5.93. The zero-order valence-corrected chi connectivity index (χ0v) is 18.1. The van der Waals surface area contributed by atoms with E-state index in [1.54, 1.807) is 0 Å². The molecule has 9 heteroatoms. The lowest BCUT2D eigenvalue weighted by molar-refractivity contribution is -0.148. The summed E-state index contributed by atoms with van der Waals surface area (Å²) in [7, 11) is 0. The van der Waals surface area contributed by atoms with Crippen LogP contribution in [0.25, 0.3) is 6.08 Å². The number of hydrazine groups is 1. The average molecular weight is 438 g/mol. The van der Waals surface area contributed by atoms with Crippen LogP contribution in [0.15, 0.2) is 30.5 Å². The van der Waals surface area contributed by atoms with Gasteiger partial charge in [-0.15, -0.1) is 0 Å². The van der Waals surface area contributed by atoms with Crippen molar-refractivity contribution in [3.05, 3.63) is 41.6 Å². The molecule has 5 rings (SSSR count). The monoisotopic (exact) mass is 437 g/mol. The summed E-state index contributed by atoms with van der Waals surface area (Å²) in [5, 5.41) is 2.04. The van der Waals surface area contributed by atoms with Gasteiger partial charge in [-0.25, -0.2) is 10.4 Å². The van der Waals surface area contributed by atoms with Gasteiger partial charge in [-0.2, -0.15) is 4.98 Å². The molecule has 0 amide bonds. The topological polar surface area (TPSA) is 89.1 Å². The van der Waals surface area contributed by atoms with Crippen molar-refractivity contribution in [1.29, 1.82) is 0 Å². The summed E-state index contributed by atoms with van der Waals surface area (Å²) in [6, 6.07) is 5.96. The van der Waals surface area contributed by atoms with Crippen LogP contribution in [0, 0.1) is 5.92 Å². The zero-order valence-electron chi connectivity index (χ0n) is 18.1. The summed E-state index contributed by atoms with van der Waals surface area (Å²) in [5.74, 6) is 2.97. The Balaban J connectivity index is 1.25. The highest BCUT2D eigenvalue weighted by Crippen LogP contribution is 2.33. The summed E-state index contributed by atoms with van der Waals surface area (Å²) in [6.07, 6.45) is 7.50. The smallest absolute Gasteiger partial charge is 0.309 e. The van der Waals surface area contributed by atoms with Crippen molar-refractivity contribution in [1.82, 2.24) is 15.4 Å². The Morgan fingerprint density at radius 3 is 2.94 bits per heavy atom. The van der Waals surface area contributed by atoms with Crippen LogP contribution in [0.5, 0.6) is 11.5 Å². The number of ether oxygens (including phenoxy) is 3. The molecule has 1 N–H and O–H groups in total. The van der Waals surface area contributed by atoms with Gasteiger partial charge in [-0.05, 0) is 37.5 Å². The molecule has 0 radical (unpaired) electrons. The van der Waals surface area contributed by atoms with E-state index in [-0.39, 0.29) is 18.7 Å². The van der Waals surface area contributed by atoms with E-state index in [2.05, 4.69) is 21.4 Å². The van der Waals surface area contributed by atoms with Crippen LogP contribution in [-0.4, -0.2) is 49.0 Å². The third-order valence-electron chi connectivity index (χ3n) is 5.93. The molecule has 3 aliphatic rings. The second kappa shape index (κ2) is 9.04. The molecule has 0 spiro atoms. The molecule has 2 aromatic rings. The quantitative estimate of drug-likeness (QED) is 0.685. The molecule has 0 bridgehead atoms. The summed E-state index contributed by atoms with van der Waals surface area (Å²) in [4.78, 5) is 23.6. The normalized spacial score (nSPS) is 17.4. The van der Waals surface area contributed by atoms with Crippen LogP contribution >= 0.6 is 0 Å². The van der Waals surface area contributed by atoms with Gasteiger partial charge >= 0.3 is 5.97 Å². The van der Waals surface area contributed by atoms with Gasteiger partial charge in [0.2, 0.25) is 12.7 Å². The first-order valence-corrected chi connectivity index (χ1v) is 11.1. The van der Waals surface area contributed by atoms with Crippen molar-refractivity contribution in [2.75, 3.05) is 42.9 Å². The minimum absolute atomic E-state index is 0.0355. The molecule has 0 unspecified atom stereocenters. The SMILES string of the molecule is CCOC(=O)C1CCN(c2ncc3c(n2)N(NCc2ccc4c(c2)OCO4)CC=C3)CC1. The van der Waals surface area contributed by atoms with E-state index in [9.17, 15) is 4.79 Å². The van der Waals surface area contributed by atoms with E-state index in [0.29, 0.717) is 25.6 Å². The maximum absolute atomic E-state index is 12.0. The molecule has 9 nitrogen and oxygen atoms in total. The zero-order chi connectivity index (χ0) is 21.9. The lowest BCUT2D eigenvalue weighted by Crippen LogP contribution is -2.41. The second-order valence-corrected chi connectivity index (χ2v) is 8.00. The molecule has 1 fully saturated rings. The highest BCUT2D eigenvalue weighted by Gasteiger charge is 2.28. The van der Waals surface area contributed by atoms with Gasteiger partial charge in [0.05, 0.1) is 19.1 Å². The van der Waals surface area contributed by atoms with Crippen molar-refractivity contribution >= 4 is 23.8 Å². The molecule has 3 aliphatic heterocycles. The number of fused-ring (bicyclic) bond motifs is 2. The summed E-state index contributed by atoms with van der Waals surface area (Å²) in [6.45, 7) is 5.36. The number of nitrogens with one attached hydrogen (secondary N) is 1. The highest BCUT2D eigenvalue weighted by atomic mass is 16.7. The largest absolute Gasteiger partial charge is 0.466 e. The van der Waals surface area contributed by atoms with Crippen LogP contribution < -0.4 is 24.8 Å². The fourth-order valence-corrected chi connectivity index (χ4v) is 4.18. The number of hydrogen-bond acceptors (Lipinski definition) is 9. The van der Waals surface area contributed by atoms with Crippen LogP contribution in [-0.2, 0) is 16.1 Å². The predicted octanol–water partition coefficient (Wildman–Crippen LogP) is 2.52. The summed E-state index contributed by atoms with van der Waals surface area (Å²) >= 11 is 0. The number of hydrogen-bond donors (Lipinski definition) is 1. The fraction of sp³-hybridized carbons (Fsp3) is 0.435. The molecule has 32 heavy (non-hydrogen) atoms. The van der Waals surface area contributed by atoms with Gasteiger partial charge in [0.25, 0.3) is 0 Å². The van der Waals surface area contributed by atoms with Gasteiger partial charge in [0, 0.05) is 31.4 Å². The van der Waals surface area contributed by atoms with Gasteiger partial charge in [-0.1, -0.05) is 18.2 Å². The Labute approximate surface area is 187 Å². The van der Waals surface area contributed by atoms with Crippen LogP contribution in [0.1, 0.15) is 30.9 Å². The van der Waals surface area contributed by atoms with Crippen molar-refractivity contribution in [2.45, 2.75) is 26.3 Å². The molecule has 0 saturated carbocycles. The van der Waals surface area contributed by atoms with Crippen molar-refractivity contribution in [3.8, 4) is 11.5 Å². The third kappa shape index (κ3) is 4.20. The number of aromatic nitrogens is 2. The van der Waals surface area contributed by atoms with Gasteiger partial charge in [-0.3, -0.25) is 9.80 Å². The highest BCUT2D eigenvalue weighted by molar-refractivity contribution is 5.73. The molecule has 4 heterocycles. The van der Waals surface area contributed by atoms with E-state index in [0.717, 1.165) is 54.4 Å². The lowest BCUT2D eigenvalue weighted by atomic mass is 9.97. The number of carbonyl (C=O) groups excluding carboxylic acids is 1. The van der Waals surface area contributed by atoms with Gasteiger partial charge in [0.1, 0.15) is 0 Å². The Morgan fingerprint density at radius 2 is 2.09 bits per heavy atom. The molecular weight excluding hydrogens is 410 g/mol. The fourth-order valence-electron chi connectivity index (χ4n) is 4.18. The molecular formula is C23H27N5O4. The first kappa shape index (κ1) is 20.6. The Kier molecular flexibility index (Phi) is 5.81. The molecule has 168 valence electrons. The number of rotatable bonds is 6. The standard InChI is InChI=1S/C23H27N5O4/c1-2-30-22(29)17-7-10-27(11-8-17)23-24-14-18-4-3-9-28(21(18)26-23)25-13-16-5-6-19-20(12-16)32-15-31-19/h3-6,12,14,17,25H,2,7-11,13,15H2,1H3. The molecule has 0 aliphatic carbocycles. The van der Waals surface area contributed by atoms with Crippen molar-refractivity contribution < 1.29 is 19.0 Å². The number of esters is 1. The van der Waals surface area contributed by atoms with E-state index >= 15 is 0 Å². The van der Waals surface area contributed by atoms with E-state index in [1.165, 1.54) is 0 Å². The Morgan fingerprint density at radius 1 is 1.25 bits per heavy atom. The average Bonchev–Trinajstić information content (AvgIpc) is 3.30. The molecule has 0 atom stereocenters. The van der Waals surface area contributed by atoms with E-state index in [1.807, 2.05) is 42.4 Å². The molecule has 1 saturated heterocycles. The number of anilines is 2.